The molecule has 84 valence electrons. The Morgan fingerprint density at radius 2 is 1.87 bits per heavy atom. The van der Waals surface area contributed by atoms with Crippen LogP contribution in [0.15, 0.2) is 24.5 Å². The molecule has 0 bridgehead atoms. The van der Waals surface area contributed by atoms with Crippen LogP contribution in [0, 0.1) is 0 Å². The third-order valence-electron chi connectivity index (χ3n) is 2.80. The second kappa shape index (κ2) is 4.32. The molecule has 0 saturated carbocycles. The fraction of sp³-hybridized carbons (Fsp3) is 0.600. The Bertz CT molecular complexity index is 300. The quantitative estimate of drug-likeness (QED) is 0.597. The molecule has 15 heavy (non-hydrogen) atoms. The molecule has 3 N–H and O–H groups in total. The van der Waals surface area contributed by atoms with Gasteiger partial charge >= 0.3 is 0 Å². The maximum absolute atomic E-state index is 9.85. The Hall–Kier alpha value is -0.880. The number of rotatable bonds is 2. The fourth-order valence-corrected chi connectivity index (χ4v) is 1.86. The fourth-order valence-electron chi connectivity index (χ4n) is 1.86. The highest BCUT2D eigenvalue weighted by Crippen LogP contribution is 2.24. The lowest BCUT2D eigenvalue weighted by atomic mass is 9.98. The molecule has 0 amide bonds. The highest BCUT2D eigenvalue weighted by molar-refractivity contribution is 4.98. The standard InChI is InChI=1S/C10H15NO4/c12-5-8-10(14)9(13)7(6-15-8)11-3-1-2-4-11/h1-4,7-10,12-14H,5-6H2/t7-,8-,9-,10+/m1/s1. The predicted octanol–water partition coefficient (Wildman–Crippen LogP) is -0.858. The minimum Gasteiger partial charge on any atom is -0.394 e. The van der Waals surface area contributed by atoms with Gasteiger partial charge in [0.05, 0.1) is 19.3 Å². The van der Waals surface area contributed by atoms with Crippen LogP contribution in [-0.4, -0.2) is 51.4 Å². The molecule has 1 aliphatic rings. The van der Waals surface area contributed by atoms with Crippen molar-refractivity contribution in [2.24, 2.45) is 0 Å². The first-order chi connectivity index (χ1) is 7.24. The van der Waals surface area contributed by atoms with Crippen LogP contribution in [0.4, 0.5) is 0 Å². The van der Waals surface area contributed by atoms with Crippen LogP contribution in [0.3, 0.4) is 0 Å². The summed E-state index contributed by atoms with van der Waals surface area (Å²) in [6.45, 7) is 0.00869. The lowest BCUT2D eigenvalue weighted by molar-refractivity contribution is -0.169. The van der Waals surface area contributed by atoms with Gasteiger partial charge in [0.1, 0.15) is 18.3 Å². The maximum Gasteiger partial charge on any atom is 0.110 e. The van der Waals surface area contributed by atoms with Crippen LogP contribution in [0.2, 0.25) is 0 Å². The molecule has 1 saturated heterocycles. The van der Waals surface area contributed by atoms with Crippen LogP contribution in [0.1, 0.15) is 6.04 Å². The summed E-state index contributed by atoms with van der Waals surface area (Å²) in [5.74, 6) is 0. The van der Waals surface area contributed by atoms with Gasteiger partial charge in [-0.1, -0.05) is 0 Å². The van der Waals surface area contributed by atoms with Gasteiger partial charge in [0.15, 0.2) is 0 Å². The maximum atomic E-state index is 9.85. The van der Waals surface area contributed by atoms with Crippen molar-refractivity contribution in [3.05, 3.63) is 24.5 Å². The van der Waals surface area contributed by atoms with E-state index >= 15 is 0 Å². The van der Waals surface area contributed by atoms with E-state index in [2.05, 4.69) is 0 Å². The minimum atomic E-state index is -1.05. The zero-order valence-corrected chi connectivity index (χ0v) is 8.23. The van der Waals surface area contributed by atoms with E-state index in [0.717, 1.165) is 0 Å². The number of aliphatic hydroxyl groups excluding tert-OH is 3. The Morgan fingerprint density at radius 1 is 1.20 bits per heavy atom. The van der Waals surface area contributed by atoms with Crippen LogP contribution >= 0.6 is 0 Å². The Labute approximate surface area is 87.5 Å². The molecule has 1 aromatic heterocycles. The molecule has 0 unspecified atom stereocenters. The average Bonchev–Trinajstić information content (AvgIpc) is 2.75. The molecule has 1 fully saturated rings. The molecule has 2 rings (SSSR count). The summed E-state index contributed by atoms with van der Waals surface area (Å²) >= 11 is 0. The summed E-state index contributed by atoms with van der Waals surface area (Å²) in [4.78, 5) is 0. The largest absolute Gasteiger partial charge is 0.394 e. The first kappa shape index (κ1) is 10.6. The van der Waals surface area contributed by atoms with Crippen molar-refractivity contribution in [2.75, 3.05) is 13.2 Å². The number of hydrogen-bond donors (Lipinski definition) is 3. The number of nitrogens with zero attached hydrogens (tertiary/aromatic N) is 1. The van der Waals surface area contributed by atoms with E-state index in [1.807, 2.05) is 24.5 Å². The number of hydrogen-bond acceptors (Lipinski definition) is 4. The van der Waals surface area contributed by atoms with E-state index in [4.69, 9.17) is 9.84 Å². The summed E-state index contributed by atoms with van der Waals surface area (Å²) in [5.41, 5.74) is 0. The van der Waals surface area contributed by atoms with Gasteiger partial charge in [-0.3, -0.25) is 0 Å². The average molecular weight is 213 g/mol. The van der Waals surface area contributed by atoms with Gasteiger partial charge in [-0.05, 0) is 12.1 Å². The second-order valence-electron chi connectivity index (χ2n) is 3.73. The van der Waals surface area contributed by atoms with Crippen molar-refractivity contribution in [3.63, 3.8) is 0 Å². The van der Waals surface area contributed by atoms with Gasteiger partial charge in [0.2, 0.25) is 0 Å². The second-order valence-corrected chi connectivity index (χ2v) is 3.73. The Morgan fingerprint density at radius 3 is 2.47 bits per heavy atom. The Balaban J connectivity index is 2.11. The van der Waals surface area contributed by atoms with Crippen molar-refractivity contribution in [2.45, 2.75) is 24.4 Å². The van der Waals surface area contributed by atoms with E-state index in [-0.39, 0.29) is 19.3 Å². The van der Waals surface area contributed by atoms with E-state index in [0.29, 0.717) is 0 Å². The topological polar surface area (TPSA) is 74.9 Å². The van der Waals surface area contributed by atoms with Crippen molar-refractivity contribution in [1.29, 1.82) is 0 Å². The molecule has 5 heteroatoms. The zero-order chi connectivity index (χ0) is 10.8. The summed E-state index contributed by atoms with van der Waals surface area (Å²) < 4.78 is 7.06. The summed E-state index contributed by atoms with van der Waals surface area (Å²) in [6.07, 6.45) is 0.971. The lowest BCUT2D eigenvalue weighted by Gasteiger charge is -2.37. The number of aliphatic hydroxyl groups is 3. The van der Waals surface area contributed by atoms with Gasteiger partial charge in [-0.15, -0.1) is 0 Å². The molecule has 4 atom stereocenters. The molecule has 0 aromatic carbocycles. The molecule has 2 heterocycles. The van der Waals surface area contributed by atoms with Crippen LogP contribution < -0.4 is 0 Å². The summed E-state index contributed by atoms with van der Waals surface area (Å²) in [5, 5.41) is 28.4. The van der Waals surface area contributed by atoms with Crippen molar-refractivity contribution in [1.82, 2.24) is 4.57 Å². The number of ether oxygens (including phenoxy) is 1. The van der Waals surface area contributed by atoms with E-state index in [1.165, 1.54) is 0 Å². The summed E-state index contributed by atoms with van der Waals surface area (Å²) in [6, 6.07) is 3.40. The molecule has 0 radical (unpaired) electrons. The Kier molecular flexibility index (Phi) is 3.06. The number of aromatic nitrogens is 1. The third-order valence-corrected chi connectivity index (χ3v) is 2.80. The molecular formula is C10H15NO4. The highest BCUT2D eigenvalue weighted by Gasteiger charge is 2.38. The zero-order valence-electron chi connectivity index (χ0n) is 8.23. The van der Waals surface area contributed by atoms with Crippen LogP contribution in [-0.2, 0) is 4.74 Å². The highest BCUT2D eigenvalue weighted by atomic mass is 16.5. The SMILES string of the molecule is OC[C@H]1OC[C@@H](n2cccc2)[C@@H](O)[C@H]1O. The monoisotopic (exact) mass is 213 g/mol. The van der Waals surface area contributed by atoms with Crippen molar-refractivity contribution >= 4 is 0 Å². The normalized spacial score (nSPS) is 36.7. The molecule has 1 aliphatic heterocycles. The third kappa shape index (κ3) is 1.91. The smallest absolute Gasteiger partial charge is 0.110 e. The molecule has 0 spiro atoms. The first-order valence-corrected chi connectivity index (χ1v) is 4.95. The molecule has 1 aromatic rings. The molecule has 0 aliphatic carbocycles. The van der Waals surface area contributed by atoms with Gasteiger partial charge in [0, 0.05) is 12.4 Å². The molecule has 5 nitrogen and oxygen atoms in total. The van der Waals surface area contributed by atoms with Crippen molar-refractivity contribution < 1.29 is 20.1 Å². The van der Waals surface area contributed by atoms with Crippen LogP contribution in [0.25, 0.3) is 0 Å². The van der Waals surface area contributed by atoms with E-state index < -0.39 is 18.3 Å². The van der Waals surface area contributed by atoms with Gasteiger partial charge in [-0.25, -0.2) is 0 Å². The summed E-state index contributed by atoms with van der Waals surface area (Å²) in [7, 11) is 0. The lowest BCUT2D eigenvalue weighted by Crippen LogP contribution is -2.51. The van der Waals surface area contributed by atoms with Crippen molar-refractivity contribution in [3.8, 4) is 0 Å². The van der Waals surface area contributed by atoms with Gasteiger partial charge in [-0.2, -0.15) is 0 Å². The van der Waals surface area contributed by atoms with E-state index in [9.17, 15) is 10.2 Å². The minimum absolute atomic E-state index is 0.281. The van der Waals surface area contributed by atoms with Gasteiger partial charge < -0.3 is 24.6 Å². The van der Waals surface area contributed by atoms with Crippen LogP contribution in [0.5, 0.6) is 0 Å². The first-order valence-electron chi connectivity index (χ1n) is 4.95. The predicted molar refractivity (Wildman–Crippen MR) is 52.3 cm³/mol. The van der Waals surface area contributed by atoms with Gasteiger partial charge in [0.25, 0.3) is 0 Å². The molecular weight excluding hydrogens is 198 g/mol. The van der Waals surface area contributed by atoms with E-state index in [1.54, 1.807) is 4.57 Å².